The Balaban J connectivity index is 1.38. The molecule has 1 amide bonds. The molecule has 0 aromatic heterocycles. The summed E-state index contributed by atoms with van der Waals surface area (Å²) in [6.07, 6.45) is 5.35. The highest BCUT2D eigenvalue weighted by Crippen LogP contribution is 2.37. The first-order valence-electron chi connectivity index (χ1n) is 11.4. The second kappa shape index (κ2) is 10.5. The Kier molecular flexibility index (Phi) is 7.71. The van der Waals surface area contributed by atoms with Crippen LogP contribution >= 0.6 is 11.6 Å². The van der Waals surface area contributed by atoms with Crippen LogP contribution in [0.25, 0.3) is 0 Å². The van der Waals surface area contributed by atoms with Gasteiger partial charge in [0, 0.05) is 29.3 Å². The SMILES string of the molecule is O=C(CNC1(c2ccc(Cl)cc2)CCCCC1)Nc1ccc(S(=O)(=O)N2CCOCC2)cc1. The molecule has 1 aliphatic carbocycles. The van der Waals surface area contributed by atoms with Gasteiger partial charge in [-0.15, -0.1) is 0 Å². The topological polar surface area (TPSA) is 87.7 Å². The minimum absolute atomic E-state index is 0.163. The van der Waals surface area contributed by atoms with Crippen LogP contribution in [-0.2, 0) is 25.1 Å². The van der Waals surface area contributed by atoms with Crippen molar-refractivity contribution >= 4 is 33.2 Å². The van der Waals surface area contributed by atoms with Gasteiger partial charge in [-0.2, -0.15) is 4.31 Å². The molecule has 9 heteroatoms. The smallest absolute Gasteiger partial charge is 0.243 e. The van der Waals surface area contributed by atoms with E-state index < -0.39 is 10.0 Å². The number of sulfonamides is 1. The maximum absolute atomic E-state index is 12.8. The van der Waals surface area contributed by atoms with Gasteiger partial charge in [0.2, 0.25) is 15.9 Å². The Morgan fingerprint density at radius 3 is 2.24 bits per heavy atom. The third kappa shape index (κ3) is 5.75. The van der Waals surface area contributed by atoms with E-state index in [9.17, 15) is 13.2 Å². The minimum atomic E-state index is -3.55. The van der Waals surface area contributed by atoms with Gasteiger partial charge < -0.3 is 10.1 Å². The summed E-state index contributed by atoms with van der Waals surface area (Å²) in [7, 11) is -3.55. The van der Waals surface area contributed by atoms with E-state index in [0.717, 1.165) is 31.2 Å². The number of hydrogen-bond donors (Lipinski definition) is 2. The molecule has 2 aliphatic rings. The van der Waals surface area contributed by atoms with Crippen molar-refractivity contribution in [1.29, 1.82) is 0 Å². The number of carbonyl (C=O) groups excluding carboxylic acids is 1. The number of halogens is 1. The van der Waals surface area contributed by atoms with E-state index in [2.05, 4.69) is 10.6 Å². The molecule has 1 aliphatic heterocycles. The van der Waals surface area contributed by atoms with Crippen molar-refractivity contribution in [1.82, 2.24) is 9.62 Å². The molecule has 2 N–H and O–H groups in total. The van der Waals surface area contributed by atoms with Gasteiger partial charge in [-0.25, -0.2) is 8.42 Å². The maximum atomic E-state index is 12.8. The first-order chi connectivity index (χ1) is 15.9. The third-order valence-corrected chi connectivity index (χ3v) is 8.60. The predicted molar refractivity (Wildman–Crippen MR) is 129 cm³/mol. The Bertz CT molecular complexity index is 1050. The van der Waals surface area contributed by atoms with Crippen molar-refractivity contribution in [2.24, 2.45) is 0 Å². The zero-order chi connectivity index (χ0) is 23.3. The molecule has 1 saturated heterocycles. The van der Waals surface area contributed by atoms with E-state index in [4.69, 9.17) is 16.3 Å². The lowest BCUT2D eigenvalue weighted by molar-refractivity contribution is -0.115. The number of nitrogens with zero attached hydrogens (tertiary/aromatic N) is 1. The number of amides is 1. The van der Waals surface area contributed by atoms with Crippen LogP contribution in [0.4, 0.5) is 5.69 Å². The molecule has 2 aromatic carbocycles. The highest BCUT2D eigenvalue weighted by Gasteiger charge is 2.34. The van der Waals surface area contributed by atoms with Crippen LogP contribution in [-0.4, -0.2) is 51.5 Å². The van der Waals surface area contributed by atoms with Crippen LogP contribution in [0, 0.1) is 0 Å². The molecule has 2 fully saturated rings. The molecule has 0 bridgehead atoms. The number of carbonyl (C=O) groups is 1. The number of morpholine rings is 1. The zero-order valence-electron chi connectivity index (χ0n) is 18.6. The van der Waals surface area contributed by atoms with E-state index in [1.165, 1.54) is 22.9 Å². The van der Waals surface area contributed by atoms with Crippen LogP contribution in [0.5, 0.6) is 0 Å². The van der Waals surface area contributed by atoms with Crippen LogP contribution in [0.2, 0.25) is 5.02 Å². The molecule has 4 rings (SSSR count). The first kappa shape index (κ1) is 24.2. The van der Waals surface area contributed by atoms with Crippen LogP contribution in [0.1, 0.15) is 37.7 Å². The average molecular weight is 492 g/mol. The molecule has 0 unspecified atom stereocenters. The second-order valence-corrected chi connectivity index (χ2v) is 11.0. The number of benzene rings is 2. The number of anilines is 1. The molecular weight excluding hydrogens is 462 g/mol. The van der Waals surface area contributed by atoms with E-state index in [1.54, 1.807) is 12.1 Å². The molecule has 1 saturated carbocycles. The van der Waals surface area contributed by atoms with Gasteiger partial charge in [-0.3, -0.25) is 10.1 Å². The van der Waals surface area contributed by atoms with Crippen LogP contribution in [0.15, 0.2) is 53.4 Å². The number of ether oxygens (including phenoxy) is 1. The monoisotopic (exact) mass is 491 g/mol. The lowest BCUT2D eigenvalue weighted by Gasteiger charge is -2.39. The van der Waals surface area contributed by atoms with Crippen molar-refractivity contribution < 1.29 is 17.9 Å². The summed E-state index contributed by atoms with van der Waals surface area (Å²) in [5.74, 6) is -0.169. The van der Waals surface area contributed by atoms with Gasteiger partial charge in [-0.1, -0.05) is 43.0 Å². The molecule has 1 heterocycles. The lowest BCUT2D eigenvalue weighted by atomic mass is 9.76. The summed E-state index contributed by atoms with van der Waals surface area (Å²) >= 11 is 6.07. The van der Waals surface area contributed by atoms with E-state index in [-0.39, 0.29) is 22.9 Å². The fourth-order valence-electron chi connectivity index (χ4n) is 4.59. The Morgan fingerprint density at radius 2 is 1.61 bits per heavy atom. The highest BCUT2D eigenvalue weighted by molar-refractivity contribution is 7.89. The van der Waals surface area contributed by atoms with Crippen molar-refractivity contribution in [2.75, 3.05) is 38.2 Å². The number of hydrogen-bond acceptors (Lipinski definition) is 5. The summed E-state index contributed by atoms with van der Waals surface area (Å²) in [6, 6.07) is 14.2. The van der Waals surface area contributed by atoms with Gasteiger partial charge in [0.15, 0.2) is 0 Å². The fraction of sp³-hybridized carbons (Fsp3) is 0.458. The molecule has 0 spiro atoms. The molecule has 2 aromatic rings. The highest BCUT2D eigenvalue weighted by atomic mass is 35.5. The number of nitrogens with one attached hydrogen (secondary N) is 2. The first-order valence-corrected chi connectivity index (χ1v) is 13.2. The Hall–Kier alpha value is -1.97. The summed E-state index contributed by atoms with van der Waals surface area (Å²) in [4.78, 5) is 12.9. The Labute approximate surface area is 200 Å². The summed E-state index contributed by atoms with van der Waals surface area (Å²) in [6.45, 7) is 1.66. The largest absolute Gasteiger partial charge is 0.379 e. The van der Waals surface area contributed by atoms with Crippen molar-refractivity contribution in [3.8, 4) is 0 Å². The van der Waals surface area contributed by atoms with Gasteiger partial charge in [-0.05, 0) is 54.8 Å². The van der Waals surface area contributed by atoms with Gasteiger partial charge in [0.05, 0.1) is 24.7 Å². The van der Waals surface area contributed by atoms with E-state index >= 15 is 0 Å². The molecule has 33 heavy (non-hydrogen) atoms. The van der Waals surface area contributed by atoms with Crippen LogP contribution < -0.4 is 10.6 Å². The normalized spacial score (nSPS) is 19.2. The molecule has 7 nitrogen and oxygen atoms in total. The third-order valence-electron chi connectivity index (χ3n) is 6.44. The molecular formula is C24H30ClN3O4S. The van der Waals surface area contributed by atoms with E-state index in [1.807, 2.05) is 24.3 Å². The Morgan fingerprint density at radius 1 is 0.970 bits per heavy atom. The molecule has 0 radical (unpaired) electrons. The lowest BCUT2D eigenvalue weighted by Crippen LogP contribution is -2.47. The number of rotatable bonds is 7. The quantitative estimate of drug-likeness (QED) is 0.616. The predicted octanol–water partition coefficient (Wildman–Crippen LogP) is 3.75. The average Bonchev–Trinajstić information content (AvgIpc) is 2.85. The van der Waals surface area contributed by atoms with Gasteiger partial charge >= 0.3 is 0 Å². The summed E-state index contributed by atoms with van der Waals surface area (Å²) < 4.78 is 32.2. The zero-order valence-corrected chi connectivity index (χ0v) is 20.1. The summed E-state index contributed by atoms with van der Waals surface area (Å²) in [5.41, 5.74) is 1.47. The van der Waals surface area contributed by atoms with Crippen molar-refractivity contribution in [3.05, 3.63) is 59.1 Å². The minimum Gasteiger partial charge on any atom is -0.379 e. The molecule has 0 atom stereocenters. The van der Waals surface area contributed by atoms with Gasteiger partial charge in [0.1, 0.15) is 0 Å². The fourth-order valence-corrected chi connectivity index (χ4v) is 6.13. The van der Waals surface area contributed by atoms with Gasteiger partial charge in [0.25, 0.3) is 0 Å². The second-order valence-electron chi connectivity index (χ2n) is 8.59. The maximum Gasteiger partial charge on any atom is 0.243 e. The standard InChI is InChI=1S/C24H30ClN3O4S/c25-20-6-4-19(5-7-20)24(12-2-1-3-13-24)26-18-23(29)27-21-8-10-22(11-9-21)33(30,31)28-14-16-32-17-15-28/h4-11,26H,1-3,12-18H2,(H,27,29). The van der Waals surface area contributed by atoms with Crippen LogP contribution in [0.3, 0.4) is 0 Å². The molecule has 178 valence electrons. The summed E-state index contributed by atoms with van der Waals surface area (Å²) in [5, 5.41) is 7.06. The van der Waals surface area contributed by atoms with E-state index in [0.29, 0.717) is 37.0 Å². The van der Waals surface area contributed by atoms with Crippen molar-refractivity contribution in [3.63, 3.8) is 0 Å². The van der Waals surface area contributed by atoms with Crippen molar-refractivity contribution in [2.45, 2.75) is 42.5 Å².